The second-order valence-electron chi connectivity index (χ2n) is 5.69. The summed E-state index contributed by atoms with van der Waals surface area (Å²) < 4.78 is 1.05. The van der Waals surface area contributed by atoms with Crippen LogP contribution in [0.2, 0.25) is 5.15 Å². The summed E-state index contributed by atoms with van der Waals surface area (Å²) in [6.45, 7) is 8.23. The van der Waals surface area contributed by atoms with Gasteiger partial charge in [-0.15, -0.1) is 0 Å². The molecule has 0 radical (unpaired) electrons. The van der Waals surface area contributed by atoms with Crippen LogP contribution in [0.5, 0.6) is 0 Å². The van der Waals surface area contributed by atoms with Gasteiger partial charge in [0.15, 0.2) is 0 Å². The molecule has 0 aliphatic carbocycles. The number of halogens is 2. The summed E-state index contributed by atoms with van der Waals surface area (Å²) in [6.07, 6.45) is 0. The number of aromatic nitrogens is 2. The van der Waals surface area contributed by atoms with Crippen molar-refractivity contribution in [1.82, 2.24) is 9.97 Å². The largest absolute Gasteiger partial charge is 0.340 e. The van der Waals surface area contributed by atoms with Crippen LogP contribution in [0.3, 0.4) is 0 Å². The van der Waals surface area contributed by atoms with E-state index in [1.807, 2.05) is 25.1 Å². The lowest BCUT2D eigenvalue weighted by Crippen LogP contribution is -2.16. The Hall–Kier alpha value is -1.13. The Morgan fingerprint density at radius 2 is 1.90 bits per heavy atom. The second-order valence-corrected chi connectivity index (χ2v) is 6.93. The number of hydrogen-bond donors (Lipinski definition) is 1. The predicted octanol–water partition coefficient (Wildman–Crippen LogP) is 5.24. The molecule has 0 fully saturated rings. The standard InChI is InChI=1S/C15H17BrClN3/c1-9-10(16)6-5-7-11(9)18-13-8-12(17)19-14(20-13)15(2,3)4/h5-8H,1-4H3,(H,18,19,20). The highest BCUT2D eigenvalue weighted by atomic mass is 79.9. The molecular weight excluding hydrogens is 338 g/mol. The summed E-state index contributed by atoms with van der Waals surface area (Å²) in [5.41, 5.74) is 1.97. The topological polar surface area (TPSA) is 37.8 Å². The summed E-state index contributed by atoms with van der Waals surface area (Å²) in [6, 6.07) is 7.73. The summed E-state index contributed by atoms with van der Waals surface area (Å²) in [5, 5.41) is 3.75. The first-order valence-corrected chi connectivity index (χ1v) is 7.51. The maximum atomic E-state index is 6.09. The number of anilines is 2. The number of nitrogens with one attached hydrogen (secondary N) is 1. The summed E-state index contributed by atoms with van der Waals surface area (Å²) in [5.74, 6) is 1.43. The van der Waals surface area contributed by atoms with E-state index in [9.17, 15) is 0 Å². The van der Waals surface area contributed by atoms with Crippen LogP contribution in [0.1, 0.15) is 32.2 Å². The third-order valence-electron chi connectivity index (χ3n) is 2.90. The van der Waals surface area contributed by atoms with Crippen molar-refractivity contribution >= 4 is 39.0 Å². The van der Waals surface area contributed by atoms with Gasteiger partial charge in [0.05, 0.1) is 0 Å². The normalized spacial score (nSPS) is 11.5. The first kappa shape index (κ1) is 15.3. The molecule has 0 atom stereocenters. The van der Waals surface area contributed by atoms with Gasteiger partial charge in [-0.25, -0.2) is 9.97 Å². The van der Waals surface area contributed by atoms with E-state index in [-0.39, 0.29) is 5.41 Å². The molecule has 1 aromatic heterocycles. The molecule has 2 aromatic rings. The minimum absolute atomic E-state index is 0.145. The van der Waals surface area contributed by atoms with Gasteiger partial charge in [0.25, 0.3) is 0 Å². The smallest absolute Gasteiger partial charge is 0.137 e. The third kappa shape index (κ3) is 3.49. The van der Waals surface area contributed by atoms with Crippen molar-refractivity contribution in [3.05, 3.63) is 45.3 Å². The zero-order chi connectivity index (χ0) is 14.9. The number of benzene rings is 1. The maximum Gasteiger partial charge on any atom is 0.137 e. The van der Waals surface area contributed by atoms with Crippen molar-refractivity contribution in [3.8, 4) is 0 Å². The Balaban J connectivity index is 2.39. The van der Waals surface area contributed by atoms with E-state index in [1.54, 1.807) is 6.07 Å². The third-order valence-corrected chi connectivity index (χ3v) is 3.95. The fourth-order valence-corrected chi connectivity index (χ4v) is 2.25. The van der Waals surface area contributed by atoms with Crippen LogP contribution in [0.4, 0.5) is 11.5 Å². The first-order chi connectivity index (χ1) is 9.27. The van der Waals surface area contributed by atoms with Gasteiger partial charge in [-0.2, -0.15) is 0 Å². The van der Waals surface area contributed by atoms with Gasteiger partial charge in [0, 0.05) is 21.6 Å². The Morgan fingerprint density at radius 1 is 1.20 bits per heavy atom. The molecule has 0 aliphatic rings. The van der Waals surface area contributed by atoms with E-state index in [2.05, 4.69) is 52.0 Å². The Morgan fingerprint density at radius 3 is 2.55 bits per heavy atom. The van der Waals surface area contributed by atoms with Gasteiger partial charge in [0.1, 0.15) is 16.8 Å². The van der Waals surface area contributed by atoms with Gasteiger partial charge < -0.3 is 5.32 Å². The van der Waals surface area contributed by atoms with Crippen molar-refractivity contribution in [2.75, 3.05) is 5.32 Å². The molecule has 0 unspecified atom stereocenters. The first-order valence-electron chi connectivity index (χ1n) is 6.34. The van der Waals surface area contributed by atoms with Crippen molar-refractivity contribution in [2.24, 2.45) is 0 Å². The molecule has 0 saturated carbocycles. The van der Waals surface area contributed by atoms with Crippen molar-refractivity contribution < 1.29 is 0 Å². The molecule has 0 spiro atoms. The fourth-order valence-electron chi connectivity index (χ4n) is 1.70. The van der Waals surface area contributed by atoms with Gasteiger partial charge >= 0.3 is 0 Å². The van der Waals surface area contributed by atoms with Crippen LogP contribution in [0, 0.1) is 6.92 Å². The molecule has 0 bridgehead atoms. The highest BCUT2D eigenvalue weighted by molar-refractivity contribution is 9.10. The lowest BCUT2D eigenvalue weighted by Gasteiger charge is -2.18. The van der Waals surface area contributed by atoms with Crippen molar-refractivity contribution in [3.63, 3.8) is 0 Å². The lowest BCUT2D eigenvalue weighted by molar-refractivity contribution is 0.546. The second kappa shape index (κ2) is 5.70. The molecule has 106 valence electrons. The molecule has 0 saturated heterocycles. The number of hydrogen-bond acceptors (Lipinski definition) is 3. The van der Waals surface area contributed by atoms with Gasteiger partial charge in [-0.3, -0.25) is 0 Å². The molecule has 1 N–H and O–H groups in total. The molecule has 1 aromatic carbocycles. The predicted molar refractivity (Wildman–Crippen MR) is 87.9 cm³/mol. The average Bonchev–Trinajstić information content (AvgIpc) is 2.33. The summed E-state index contributed by atoms with van der Waals surface area (Å²) in [4.78, 5) is 8.84. The highest BCUT2D eigenvalue weighted by Gasteiger charge is 2.19. The van der Waals surface area contributed by atoms with Crippen molar-refractivity contribution in [2.45, 2.75) is 33.1 Å². The Bertz CT molecular complexity index is 636. The van der Waals surface area contributed by atoms with E-state index < -0.39 is 0 Å². The van der Waals surface area contributed by atoms with Crippen LogP contribution in [-0.2, 0) is 5.41 Å². The molecule has 1 heterocycles. The van der Waals surface area contributed by atoms with E-state index in [1.165, 1.54) is 0 Å². The quantitative estimate of drug-likeness (QED) is 0.749. The number of rotatable bonds is 2. The Kier molecular flexibility index (Phi) is 4.35. The van der Waals surface area contributed by atoms with E-state index in [4.69, 9.17) is 11.6 Å². The Labute approximate surface area is 132 Å². The van der Waals surface area contributed by atoms with E-state index >= 15 is 0 Å². The molecule has 0 amide bonds. The van der Waals surface area contributed by atoms with Gasteiger partial charge in [0.2, 0.25) is 0 Å². The fraction of sp³-hybridized carbons (Fsp3) is 0.333. The minimum Gasteiger partial charge on any atom is -0.340 e. The SMILES string of the molecule is Cc1c(Br)cccc1Nc1cc(Cl)nc(C(C)(C)C)n1. The number of nitrogens with zero attached hydrogens (tertiary/aromatic N) is 2. The molecule has 2 rings (SSSR count). The van der Waals surface area contributed by atoms with Crippen molar-refractivity contribution in [1.29, 1.82) is 0 Å². The van der Waals surface area contributed by atoms with E-state index in [0.717, 1.165) is 21.5 Å². The van der Waals surface area contributed by atoms with Crippen LogP contribution >= 0.6 is 27.5 Å². The molecule has 3 nitrogen and oxygen atoms in total. The zero-order valence-electron chi connectivity index (χ0n) is 12.0. The lowest BCUT2D eigenvalue weighted by atomic mass is 9.96. The average molecular weight is 355 g/mol. The van der Waals surface area contributed by atoms with Gasteiger partial charge in [-0.05, 0) is 24.6 Å². The minimum atomic E-state index is -0.145. The molecule has 5 heteroatoms. The van der Waals surface area contributed by atoms with Crippen LogP contribution in [0.25, 0.3) is 0 Å². The highest BCUT2D eigenvalue weighted by Crippen LogP contribution is 2.28. The van der Waals surface area contributed by atoms with Crippen LogP contribution in [0.15, 0.2) is 28.7 Å². The zero-order valence-corrected chi connectivity index (χ0v) is 14.3. The summed E-state index contributed by atoms with van der Waals surface area (Å²) in [7, 11) is 0. The summed E-state index contributed by atoms with van der Waals surface area (Å²) >= 11 is 9.61. The van der Waals surface area contributed by atoms with Crippen LogP contribution in [-0.4, -0.2) is 9.97 Å². The molecule has 20 heavy (non-hydrogen) atoms. The van der Waals surface area contributed by atoms with E-state index in [0.29, 0.717) is 11.0 Å². The molecule has 0 aliphatic heterocycles. The monoisotopic (exact) mass is 353 g/mol. The molecular formula is C15H17BrClN3. The maximum absolute atomic E-state index is 6.09. The van der Waals surface area contributed by atoms with Crippen LogP contribution < -0.4 is 5.32 Å². The van der Waals surface area contributed by atoms with Gasteiger partial charge in [-0.1, -0.05) is 54.4 Å².